The predicted octanol–water partition coefficient (Wildman–Crippen LogP) is 4.07. The Kier molecular flexibility index (Phi) is 6.62. The minimum atomic E-state index is -0.188. The second-order valence-electron chi connectivity index (χ2n) is 9.12. The molecule has 36 heavy (non-hydrogen) atoms. The number of amides is 2. The number of likely N-dealkylation sites (tertiary alicyclic amines) is 1. The number of pyridine rings is 1. The van der Waals surface area contributed by atoms with Gasteiger partial charge >= 0.3 is 0 Å². The van der Waals surface area contributed by atoms with Crippen molar-refractivity contribution in [2.75, 3.05) is 18.4 Å². The molecule has 1 N–H and O–H groups in total. The lowest BCUT2D eigenvalue weighted by atomic mass is 9.89. The molecule has 1 saturated heterocycles. The van der Waals surface area contributed by atoms with Gasteiger partial charge in [0.05, 0.1) is 29.7 Å². The zero-order valence-corrected chi connectivity index (χ0v) is 20.3. The van der Waals surface area contributed by atoms with Gasteiger partial charge in [0, 0.05) is 54.5 Å². The highest BCUT2D eigenvalue weighted by molar-refractivity contribution is 6.05. The second-order valence-corrected chi connectivity index (χ2v) is 9.12. The Hall–Kier alpha value is -4.27. The lowest BCUT2D eigenvalue weighted by Gasteiger charge is -2.32. The van der Waals surface area contributed by atoms with Crippen LogP contribution < -0.4 is 5.32 Å². The molecule has 184 valence electrons. The van der Waals surface area contributed by atoms with E-state index in [4.69, 9.17) is 9.51 Å². The molecule has 0 saturated carbocycles. The van der Waals surface area contributed by atoms with Gasteiger partial charge in [-0.15, -0.1) is 0 Å². The number of hydrogen-bond acceptors (Lipinski definition) is 6. The van der Waals surface area contributed by atoms with Crippen LogP contribution in [0.3, 0.4) is 0 Å². The van der Waals surface area contributed by atoms with Crippen molar-refractivity contribution in [2.24, 2.45) is 0 Å². The van der Waals surface area contributed by atoms with Gasteiger partial charge in [0.2, 0.25) is 5.91 Å². The van der Waals surface area contributed by atoms with Gasteiger partial charge in [0.15, 0.2) is 0 Å². The molecule has 3 aromatic heterocycles. The van der Waals surface area contributed by atoms with Crippen molar-refractivity contribution in [1.82, 2.24) is 24.6 Å². The maximum absolute atomic E-state index is 13.2. The SMILES string of the molecule is Cc1cc(CC(=O)N2CCC(c3nc(C)ccc3C(=O)Nc3ccc(-n4ccnc4)cc3)CC2)on1. The summed E-state index contributed by atoms with van der Waals surface area (Å²) in [5, 5.41) is 6.85. The highest BCUT2D eigenvalue weighted by Gasteiger charge is 2.28. The fraction of sp³-hybridized carbons (Fsp3) is 0.296. The van der Waals surface area contributed by atoms with Crippen LogP contribution in [0.15, 0.2) is 65.7 Å². The first-order valence-corrected chi connectivity index (χ1v) is 12.0. The average Bonchev–Trinajstić information content (AvgIpc) is 3.56. The molecular weight excluding hydrogens is 456 g/mol. The molecule has 5 rings (SSSR count). The van der Waals surface area contributed by atoms with E-state index in [0.717, 1.165) is 35.6 Å². The lowest BCUT2D eigenvalue weighted by Crippen LogP contribution is -2.39. The summed E-state index contributed by atoms with van der Waals surface area (Å²) >= 11 is 0. The van der Waals surface area contributed by atoms with E-state index in [0.29, 0.717) is 30.1 Å². The summed E-state index contributed by atoms with van der Waals surface area (Å²) in [6, 6.07) is 13.1. The van der Waals surface area contributed by atoms with E-state index in [1.165, 1.54) is 0 Å². The number of imidazole rings is 1. The third-order valence-corrected chi connectivity index (χ3v) is 6.47. The standard InChI is InChI=1S/C27H28N6O3/c1-18-3-8-24(27(35)30-21-4-6-22(7-5-21)33-14-11-28-17-33)26(29-18)20-9-12-32(13-10-20)25(34)16-23-15-19(2)31-36-23/h3-8,11,14-15,17,20H,9-10,12-13,16H2,1-2H3,(H,30,35). The van der Waals surface area contributed by atoms with Gasteiger partial charge in [-0.2, -0.15) is 0 Å². The number of carbonyl (C=O) groups excluding carboxylic acids is 2. The molecule has 4 aromatic rings. The summed E-state index contributed by atoms with van der Waals surface area (Å²) in [5.74, 6) is 0.522. The quantitative estimate of drug-likeness (QED) is 0.442. The Labute approximate surface area is 209 Å². The molecule has 1 aliphatic heterocycles. The van der Waals surface area contributed by atoms with Gasteiger partial charge in [-0.05, 0) is 63.1 Å². The first-order chi connectivity index (χ1) is 17.5. The van der Waals surface area contributed by atoms with E-state index >= 15 is 0 Å². The third kappa shape index (κ3) is 5.19. The van der Waals surface area contributed by atoms with Crippen LogP contribution in [0, 0.1) is 13.8 Å². The van der Waals surface area contributed by atoms with Crippen molar-refractivity contribution >= 4 is 17.5 Å². The van der Waals surface area contributed by atoms with E-state index < -0.39 is 0 Å². The first kappa shape index (κ1) is 23.5. The van der Waals surface area contributed by atoms with Crippen LogP contribution in [0.25, 0.3) is 5.69 Å². The molecule has 1 aromatic carbocycles. The Balaban J connectivity index is 1.25. The number of nitrogens with zero attached hydrogens (tertiary/aromatic N) is 5. The molecular formula is C27H28N6O3. The highest BCUT2D eigenvalue weighted by Crippen LogP contribution is 2.30. The summed E-state index contributed by atoms with van der Waals surface area (Å²) < 4.78 is 7.09. The van der Waals surface area contributed by atoms with Crippen LogP contribution in [0.4, 0.5) is 5.69 Å². The smallest absolute Gasteiger partial charge is 0.257 e. The minimum Gasteiger partial charge on any atom is -0.361 e. The molecule has 1 fully saturated rings. The van der Waals surface area contributed by atoms with E-state index in [1.54, 1.807) is 18.6 Å². The van der Waals surface area contributed by atoms with Crippen molar-refractivity contribution in [1.29, 1.82) is 0 Å². The van der Waals surface area contributed by atoms with E-state index in [2.05, 4.69) is 15.5 Å². The Morgan fingerprint density at radius 1 is 1.06 bits per heavy atom. The number of aryl methyl sites for hydroxylation is 2. The van der Waals surface area contributed by atoms with Crippen LogP contribution >= 0.6 is 0 Å². The fourth-order valence-corrected chi connectivity index (χ4v) is 4.57. The summed E-state index contributed by atoms with van der Waals surface area (Å²) in [6.45, 7) is 4.99. The monoisotopic (exact) mass is 484 g/mol. The molecule has 2 amide bonds. The zero-order chi connectivity index (χ0) is 25.1. The van der Waals surface area contributed by atoms with Crippen LogP contribution in [0.2, 0.25) is 0 Å². The largest absolute Gasteiger partial charge is 0.361 e. The molecule has 0 atom stereocenters. The molecule has 1 aliphatic rings. The van der Waals surface area contributed by atoms with Gasteiger partial charge in [-0.3, -0.25) is 14.6 Å². The molecule has 0 aliphatic carbocycles. The average molecular weight is 485 g/mol. The summed E-state index contributed by atoms with van der Waals surface area (Å²) in [5.41, 5.74) is 4.66. The van der Waals surface area contributed by atoms with Crippen molar-refractivity contribution in [2.45, 2.75) is 39.0 Å². The van der Waals surface area contributed by atoms with Gasteiger partial charge in [-0.1, -0.05) is 5.16 Å². The van der Waals surface area contributed by atoms with Gasteiger partial charge < -0.3 is 19.3 Å². The molecule has 9 heteroatoms. The van der Waals surface area contributed by atoms with Crippen LogP contribution in [0.5, 0.6) is 0 Å². The topological polar surface area (TPSA) is 106 Å². The minimum absolute atomic E-state index is 0.0268. The molecule has 0 radical (unpaired) electrons. The van der Waals surface area contributed by atoms with Crippen molar-refractivity contribution in [3.8, 4) is 5.69 Å². The molecule has 9 nitrogen and oxygen atoms in total. The number of hydrogen-bond donors (Lipinski definition) is 1. The molecule has 0 spiro atoms. The number of aromatic nitrogens is 4. The molecule has 0 unspecified atom stereocenters. The van der Waals surface area contributed by atoms with Crippen LogP contribution in [0.1, 0.15) is 52.0 Å². The van der Waals surface area contributed by atoms with Crippen molar-refractivity contribution < 1.29 is 14.1 Å². The number of anilines is 1. The Morgan fingerprint density at radius 2 is 1.83 bits per heavy atom. The maximum atomic E-state index is 13.2. The van der Waals surface area contributed by atoms with Gasteiger partial charge in [-0.25, -0.2) is 4.98 Å². The summed E-state index contributed by atoms with van der Waals surface area (Å²) in [4.78, 5) is 36.6. The fourth-order valence-electron chi connectivity index (χ4n) is 4.57. The van der Waals surface area contributed by atoms with E-state index in [-0.39, 0.29) is 24.2 Å². The molecule has 4 heterocycles. The highest BCUT2D eigenvalue weighted by atomic mass is 16.5. The summed E-state index contributed by atoms with van der Waals surface area (Å²) in [6.07, 6.45) is 7.02. The normalized spacial score (nSPS) is 14.1. The maximum Gasteiger partial charge on any atom is 0.257 e. The summed E-state index contributed by atoms with van der Waals surface area (Å²) in [7, 11) is 0. The number of rotatable bonds is 6. The van der Waals surface area contributed by atoms with Gasteiger partial charge in [0.25, 0.3) is 5.91 Å². The zero-order valence-electron chi connectivity index (χ0n) is 20.3. The number of benzene rings is 1. The Morgan fingerprint density at radius 3 is 2.50 bits per heavy atom. The van der Waals surface area contributed by atoms with Crippen LogP contribution in [-0.4, -0.2) is 49.5 Å². The Bertz CT molecular complexity index is 1350. The van der Waals surface area contributed by atoms with Crippen LogP contribution in [-0.2, 0) is 11.2 Å². The third-order valence-electron chi connectivity index (χ3n) is 6.47. The first-order valence-electron chi connectivity index (χ1n) is 12.0. The van der Waals surface area contributed by atoms with E-state index in [9.17, 15) is 9.59 Å². The number of piperidine rings is 1. The van der Waals surface area contributed by atoms with Crippen molar-refractivity contribution in [3.05, 3.63) is 89.6 Å². The van der Waals surface area contributed by atoms with E-state index in [1.807, 2.05) is 65.9 Å². The van der Waals surface area contributed by atoms with Crippen molar-refractivity contribution in [3.63, 3.8) is 0 Å². The van der Waals surface area contributed by atoms with Gasteiger partial charge in [0.1, 0.15) is 5.76 Å². The second kappa shape index (κ2) is 10.2. The number of carbonyl (C=O) groups is 2. The molecule has 0 bridgehead atoms. The number of nitrogens with one attached hydrogen (secondary N) is 1. The predicted molar refractivity (Wildman–Crippen MR) is 134 cm³/mol. The lowest BCUT2D eigenvalue weighted by molar-refractivity contribution is -0.131.